The number of nitrogen functional groups attached to an aromatic ring is 1. The molecule has 6 N–H and O–H groups in total. The lowest BCUT2D eigenvalue weighted by Gasteiger charge is -2.30. The first-order valence-corrected chi connectivity index (χ1v) is 11.1. The lowest BCUT2D eigenvalue weighted by molar-refractivity contribution is -0.101. The Hall–Kier alpha value is -1.12. The molecule has 0 saturated carbocycles. The Morgan fingerprint density at radius 3 is 2.68 bits per heavy atom. The van der Waals surface area contributed by atoms with Gasteiger partial charge in [0.25, 0.3) is 0 Å². The second-order valence-electron chi connectivity index (χ2n) is 6.03. The van der Waals surface area contributed by atoms with Gasteiger partial charge in [-0.2, -0.15) is 16.9 Å². The summed E-state index contributed by atoms with van der Waals surface area (Å²) in [5, 5.41) is 9.54. The van der Waals surface area contributed by atoms with Crippen LogP contribution in [0.3, 0.4) is 0 Å². The number of imidazole rings is 1. The molecule has 14 nitrogen and oxygen atoms in total. The first-order valence-electron chi connectivity index (χ1n) is 7.56. The second kappa shape index (κ2) is 7.29. The van der Waals surface area contributed by atoms with Crippen LogP contribution in [0.4, 0.5) is 5.82 Å². The molecule has 0 aromatic carbocycles. The molecular formula is C11H17N5O9P2S. The Bertz CT molecular complexity index is 985. The topological polar surface area (TPSA) is 212 Å². The molecule has 1 saturated heterocycles. The summed E-state index contributed by atoms with van der Waals surface area (Å²) >= 11 is 4.36. The summed E-state index contributed by atoms with van der Waals surface area (Å²) in [6.45, 7) is 0.851. The first kappa shape index (κ1) is 21.6. The Morgan fingerprint density at radius 2 is 2.04 bits per heavy atom. The van der Waals surface area contributed by atoms with E-state index in [1.54, 1.807) is 6.92 Å². The molecule has 3 heterocycles. The third-order valence-electron chi connectivity index (χ3n) is 4.09. The Labute approximate surface area is 162 Å². The number of thiol groups is 1. The van der Waals surface area contributed by atoms with Crippen LogP contribution in [-0.4, -0.2) is 63.4 Å². The molecule has 0 amide bonds. The van der Waals surface area contributed by atoms with Crippen molar-refractivity contribution in [3.63, 3.8) is 0 Å². The number of aromatic nitrogens is 4. The number of nitrogens with two attached hydrogens (primary N) is 1. The van der Waals surface area contributed by atoms with Gasteiger partial charge in [-0.05, 0) is 6.92 Å². The highest BCUT2D eigenvalue weighted by Crippen LogP contribution is 2.57. The van der Waals surface area contributed by atoms with Crippen LogP contribution in [0.2, 0.25) is 0 Å². The summed E-state index contributed by atoms with van der Waals surface area (Å²) in [6, 6.07) is 0. The number of rotatable bonds is 6. The van der Waals surface area contributed by atoms with Crippen molar-refractivity contribution in [3.05, 3.63) is 12.7 Å². The highest BCUT2D eigenvalue weighted by molar-refractivity contribution is 7.81. The molecule has 5 atom stereocenters. The zero-order valence-corrected chi connectivity index (χ0v) is 16.8. The molecule has 0 aliphatic carbocycles. The standard InChI is InChI=1S/C11H17N5O9P2S/c1-11(16-4-15-6-9(12)13-3-14-10(6)16)8(28)7(17)5(24-11)2-23-27(21,22)25-26(18,19)20/h3-5,7-8,17,28H,2H2,1H3,(H,21,22)(H2,12,13,14)(H2,18,19,20)/t5-,7-,8-,11-/m1/s1. The number of aliphatic hydroxyl groups is 1. The van der Waals surface area contributed by atoms with Crippen molar-refractivity contribution in [2.75, 3.05) is 12.3 Å². The lowest BCUT2D eigenvalue weighted by Crippen LogP contribution is -2.39. The van der Waals surface area contributed by atoms with E-state index in [0.29, 0.717) is 11.2 Å². The third-order valence-corrected chi connectivity index (χ3v) is 7.03. The average molecular weight is 457 g/mol. The van der Waals surface area contributed by atoms with E-state index in [-0.39, 0.29) is 5.82 Å². The Kier molecular flexibility index (Phi) is 5.62. The van der Waals surface area contributed by atoms with Crippen molar-refractivity contribution in [1.82, 2.24) is 19.5 Å². The van der Waals surface area contributed by atoms with Gasteiger partial charge < -0.3 is 30.3 Å². The second-order valence-corrected chi connectivity index (χ2v) is 9.41. The number of aliphatic hydroxyl groups excluding tert-OH is 1. The fraction of sp³-hybridized carbons (Fsp3) is 0.545. The van der Waals surface area contributed by atoms with Crippen LogP contribution in [0.5, 0.6) is 0 Å². The van der Waals surface area contributed by atoms with Crippen LogP contribution in [0, 0.1) is 0 Å². The predicted molar refractivity (Wildman–Crippen MR) is 95.9 cm³/mol. The zero-order chi connectivity index (χ0) is 20.9. The monoisotopic (exact) mass is 457 g/mol. The van der Waals surface area contributed by atoms with Gasteiger partial charge in [-0.1, -0.05) is 0 Å². The van der Waals surface area contributed by atoms with Crippen LogP contribution in [0.1, 0.15) is 6.92 Å². The molecule has 0 spiro atoms. The van der Waals surface area contributed by atoms with Gasteiger partial charge in [0.2, 0.25) is 0 Å². The van der Waals surface area contributed by atoms with Gasteiger partial charge in [-0.3, -0.25) is 9.09 Å². The number of hydrogen-bond acceptors (Lipinski definition) is 11. The third kappa shape index (κ3) is 4.09. The maximum absolute atomic E-state index is 11.6. The molecule has 1 fully saturated rings. The van der Waals surface area contributed by atoms with E-state index >= 15 is 0 Å². The fourth-order valence-electron chi connectivity index (χ4n) is 2.80. The van der Waals surface area contributed by atoms with E-state index in [2.05, 4.69) is 36.4 Å². The van der Waals surface area contributed by atoms with Crippen LogP contribution in [0.15, 0.2) is 12.7 Å². The van der Waals surface area contributed by atoms with Crippen LogP contribution in [-0.2, 0) is 28.4 Å². The molecule has 1 aliphatic heterocycles. The quantitative estimate of drug-likeness (QED) is 0.236. The summed E-state index contributed by atoms with van der Waals surface area (Å²) in [7, 11) is -10.4. The minimum absolute atomic E-state index is 0.136. The number of nitrogens with zero attached hydrogens (tertiary/aromatic N) is 4. The normalized spacial score (nSPS) is 30.6. The minimum atomic E-state index is -5.27. The zero-order valence-electron chi connectivity index (χ0n) is 14.1. The van der Waals surface area contributed by atoms with Gasteiger partial charge in [0.15, 0.2) is 17.2 Å². The largest absolute Gasteiger partial charge is 0.481 e. The molecule has 0 radical (unpaired) electrons. The van der Waals surface area contributed by atoms with Crippen molar-refractivity contribution in [2.45, 2.75) is 30.1 Å². The van der Waals surface area contributed by atoms with E-state index in [1.807, 2.05) is 0 Å². The van der Waals surface area contributed by atoms with Gasteiger partial charge in [0, 0.05) is 0 Å². The Balaban J connectivity index is 1.82. The average Bonchev–Trinajstić information content (AvgIpc) is 3.09. The molecular weight excluding hydrogens is 440 g/mol. The summed E-state index contributed by atoms with van der Waals surface area (Å²) in [5.74, 6) is 0.136. The number of ether oxygens (including phenoxy) is 1. The number of phosphoric acid groups is 2. The van der Waals surface area contributed by atoms with Crippen LogP contribution >= 0.6 is 28.3 Å². The van der Waals surface area contributed by atoms with Gasteiger partial charge in [0.1, 0.15) is 17.9 Å². The van der Waals surface area contributed by atoms with E-state index in [4.69, 9.17) is 20.3 Å². The molecule has 0 bridgehead atoms. The molecule has 17 heteroatoms. The number of phosphoric ester groups is 1. The van der Waals surface area contributed by atoms with Crippen LogP contribution in [0.25, 0.3) is 11.2 Å². The summed E-state index contributed by atoms with van der Waals surface area (Å²) in [4.78, 5) is 38.6. The van der Waals surface area contributed by atoms with Crippen molar-refractivity contribution >= 4 is 45.3 Å². The van der Waals surface area contributed by atoms with E-state index in [9.17, 15) is 19.1 Å². The molecule has 2 aromatic heterocycles. The van der Waals surface area contributed by atoms with E-state index < -0.39 is 45.4 Å². The fourth-order valence-corrected chi connectivity index (χ4v) is 4.78. The van der Waals surface area contributed by atoms with Gasteiger partial charge in [-0.15, -0.1) is 0 Å². The first-order chi connectivity index (χ1) is 12.8. The van der Waals surface area contributed by atoms with Gasteiger partial charge >= 0.3 is 15.6 Å². The molecule has 2 aromatic rings. The van der Waals surface area contributed by atoms with E-state index in [0.717, 1.165) is 0 Å². The highest BCUT2D eigenvalue weighted by atomic mass is 32.1. The molecule has 1 aliphatic rings. The predicted octanol–water partition coefficient (Wildman–Crippen LogP) is -0.634. The maximum atomic E-state index is 11.6. The van der Waals surface area contributed by atoms with Gasteiger partial charge in [0.05, 0.1) is 24.3 Å². The molecule has 3 rings (SSSR count). The Morgan fingerprint density at radius 1 is 1.36 bits per heavy atom. The molecule has 156 valence electrons. The molecule has 1 unspecified atom stereocenters. The summed E-state index contributed by atoms with van der Waals surface area (Å²) in [5.41, 5.74) is 5.04. The minimum Gasteiger partial charge on any atom is -0.389 e. The highest BCUT2D eigenvalue weighted by Gasteiger charge is 2.52. The molecule has 28 heavy (non-hydrogen) atoms. The van der Waals surface area contributed by atoms with Crippen molar-refractivity contribution in [3.8, 4) is 0 Å². The van der Waals surface area contributed by atoms with Crippen molar-refractivity contribution in [2.24, 2.45) is 0 Å². The SMILES string of the molecule is C[C@@]1(n2cnc3c(N)ncnc32)O[C@H](COP(=O)(O)OP(=O)(O)O)[C@@H](O)[C@H]1S. The smallest absolute Gasteiger partial charge is 0.389 e. The number of anilines is 1. The lowest BCUT2D eigenvalue weighted by atomic mass is 10.1. The van der Waals surface area contributed by atoms with Crippen LogP contribution < -0.4 is 5.73 Å². The maximum Gasteiger partial charge on any atom is 0.481 e. The van der Waals surface area contributed by atoms with Crippen molar-refractivity contribution < 1.29 is 42.5 Å². The summed E-state index contributed by atoms with van der Waals surface area (Å²) < 4.78 is 37.8. The summed E-state index contributed by atoms with van der Waals surface area (Å²) in [6.07, 6.45) is 0.105. The number of fused-ring (bicyclic) bond motifs is 1. The van der Waals surface area contributed by atoms with Crippen molar-refractivity contribution in [1.29, 1.82) is 0 Å². The van der Waals surface area contributed by atoms with E-state index in [1.165, 1.54) is 17.2 Å². The van der Waals surface area contributed by atoms with Gasteiger partial charge in [-0.25, -0.2) is 24.1 Å². The number of hydrogen-bond donors (Lipinski definition) is 6.